The van der Waals surface area contributed by atoms with E-state index in [1.165, 1.54) is 0 Å². The fourth-order valence-electron chi connectivity index (χ4n) is 2.40. The maximum atomic E-state index is 12.4. The number of nitrogens with zero attached hydrogens (tertiary/aromatic N) is 1. The summed E-state index contributed by atoms with van der Waals surface area (Å²) in [7, 11) is -1.30. The molecule has 1 N–H and O–H groups in total. The number of carbonyl (C=O) groups excluding carboxylic acids is 1. The van der Waals surface area contributed by atoms with Crippen LogP contribution in [0.15, 0.2) is 35.2 Å². The summed E-state index contributed by atoms with van der Waals surface area (Å²) in [5.74, 6) is -0.0944. The summed E-state index contributed by atoms with van der Waals surface area (Å²) in [5, 5.41) is 8.81. The molecule has 0 aliphatic carbocycles. The highest BCUT2D eigenvalue weighted by molar-refractivity contribution is 7.86. The number of aliphatic hydroxyl groups excluding tert-OH is 1. The zero-order valence-corrected chi connectivity index (χ0v) is 11.8. The third-order valence-corrected chi connectivity index (χ3v) is 5.24. The highest BCUT2D eigenvalue weighted by atomic mass is 32.2. The Labute approximate surface area is 115 Å². The molecule has 0 radical (unpaired) electrons. The van der Waals surface area contributed by atoms with Gasteiger partial charge < -0.3 is 10.0 Å². The van der Waals surface area contributed by atoms with Gasteiger partial charge in [-0.25, -0.2) is 0 Å². The number of likely N-dealkylation sites (tertiary alicyclic amines) is 1. The van der Waals surface area contributed by atoms with Crippen LogP contribution in [0, 0.1) is 0 Å². The van der Waals surface area contributed by atoms with Gasteiger partial charge in [0.2, 0.25) is 5.91 Å². The molecule has 1 saturated heterocycles. The largest absolute Gasteiger partial charge is 0.394 e. The van der Waals surface area contributed by atoms with E-state index < -0.39 is 16.0 Å². The van der Waals surface area contributed by atoms with Gasteiger partial charge in [0.25, 0.3) is 0 Å². The van der Waals surface area contributed by atoms with Crippen molar-refractivity contribution in [1.82, 2.24) is 4.90 Å². The standard InChI is InChI=1S/C14H19NO3S/c1-2-11(10-16)15-9-8-13(14(15)17)19(18)12-6-4-3-5-7-12/h3-7,11,13,16H,2,8-10H2,1H3/t11-,13?,19?/m0/s1. The second-order valence-corrected chi connectivity index (χ2v) is 6.30. The maximum absolute atomic E-state index is 12.4. The van der Waals surface area contributed by atoms with Crippen molar-refractivity contribution < 1.29 is 14.1 Å². The van der Waals surface area contributed by atoms with Crippen LogP contribution in [-0.2, 0) is 15.6 Å². The fourth-order valence-corrected chi connectivity index (χ4v) is 3.79. The second-order valence-electron chi connectivity index (χ2n) is 4.66. The topological polar surface area (TPSA) is 57.6 Å². The minimum absolute atomic E-state index is 0.0348. The Morgan fingerprint density at radius 1 is 1.42 bits per heavy atom. The van der Waals surface area contributed by atoms with E-state index in [9.17, 15) is 14.1 Å². The van der Waals surface area contributed by atoms with E-state index >= 15 is 0 Å². The van der Waals surface area contributed by atoms with Crippen molar-refractivity contribution in [2.45, 2.75) is 36.0 Å². The van der Waals surface area contributed by atoms with Gasteiger partial charge in [0.05, 0.1) is 23.4 Å². The van der Waals surface area contributed by atoms with Gasteiger partial charge in [-0.2, -0.15) is 0 Å². The van der Waals surface area contributed by atoms with Crippen molar-refractivity contribution in [3.8, 4) is 0 Å². The molecule has 19 heavy (non-hydrogen) atoms. The van der Waals surface area contributed by atoms with Gasteiger partial charge in [-0.05, 0) is 25.0 Å². The summed E-state index contributed by atoms with van der Waals surface area (Å²) in [4.78, 5) is 14.7. The van der Waals surface area contributed by atoms with E-state index in [1.807, 2.05) is 25.1 Å². The van der Waals surface area contributed by atoms with Crippen molar-refractivity contribution in [2.24, 2.45) is 0 Å². The Morgan fingerprint density at radius 3 is 2.68 bits per heavy atom. The van der Waals surface area contributed by atoms with Gasteiger partial charge in [0.15, 0.2) is 0 Å². The first kappa shape index (κ1) is 14.2. The molecule has 1 heterocycles. The third-order valence-electron chi connectivity index (χ3n) is 3.55. The van der Waals surface area contributed by atoms with Crippen LogP contribution >= 0.6 is 0 Å². The van der Waals surface area contributed by atoms with Crippen LogP contribution in [0.5, 0.6) is 0 Å². The number of amides is 1. The lowest BCUT2D eigenvalue weighted by molar-refractivity contribution is -0.130. The monoisotopic (exact) mass is 281 g/mol. The molecule has 0 aromatic heterocycles. The molecule has 0 spiro atoms. The van der Waals surface area contributed by atoms with Gasteiger partial charge in [0, 0.05) is 11.4 Å². The van der Waals surface area contributed by atoms with Crippen molar-refractivity contribution in [2.75, 3.05) is 13.2 Å². The molecule has 2 rings (SSSR count). The minimum atomic E-state index is -1.30. The van der Waals surface area contributed by atoms with E-state index in [-0.39, 0.29) is 18.6 Å². The first-order valence-corrected chi connectivity index (χ1v) is 7.77. The molecule has 1 aliphatic rings. The molecular weight excluding hydrogens is 262 g/mol. The van der Waals surface area contributed by atoms with Crippen molar-refractivity contribution >= 4 is 16.7 Å². The lowest BCUT2D eigenvalue weighted by Gasteiger charge is -2.25. The summed E-state index contributed by atoms with van der Waals surface area (Å²) < 4.78 is 12.4. The average Bonchev–Trinajstić information content (AvgIpc) is 2.83. The Hall–Kier alpha value is -1.20. The normalized spacial score (nSPS) is 22.5. The van der Waals surface area contributed by atoms with Crippen LogP contribution in [0.2, 0.25) is 0 Å². The van der Waals surface area contributed by atoms with E-state index in [0.29, 0.717) is 24.3 Å². The van der Waals surface area contributed by atoms with E-state index in [1.54, 1.807) is 17.0 Å². The van der Waals surface area contributed by atoms with Crippen LogP contribution in [0.4, 0.5) is 0 Å². The van der Waals surface area contributed by atoms with Gasteiger partial charge in [0.1, 0.15) is 5.25 Å². The van der Waals surface area contributed by atoms with Crippen molar-refractivity contribution in [3.63, 3.8) is 0 Å². The summed E-state index contributed by atoms with van der Waals surface area (Å²) in [6.45, 7) is 2.49. The molecule has 4 nitrogen and oxygen atoms in total. The number of rotatable bonds is 5. The van der Waals surface area contributed by atoms with Gasteiger partial charge in [-0.15, -0.1) is 0 Å². The molecule has 5 heteroatoms. The molecule has 3 atom stereocenters. The zero-order valence-electron chi connectivity index (χ0n) is 11.0. The van der Waals surface area contributed by atoms with Crippen LogP contribution in [0.25, 0.3) is 0 Å². The lowest BCUT2D eigenvalue weighted by atomic mass is 10.2. The van der Waals surface area contributed by atoms with E-state index in [0.717, 1.165) is 0 Å². The van der Waals surface area contributed by atoms with E-state index in [2.05, 4.69) is 0 Å². The predicted molar refractivity (Wildman–Crippen MR) is 74.1 cm³/mol. The number of hydrogen-bond acceptors (Lipinski definition) is 3. The van der Waals surface area contributed by atoms with Crippen LogP contribution in [-0.4, -0.2) is 44.6 Å². The molecular formula is C14H19NO3S. The van der Waals surface area contributed by atoms with Gasteiger partial charge in [-0.1, -0.05) is 25.1 Å². The van der Waals surface area contributed by atoms with Gasteiger partial charge >= 0.3 is 0 Å². The molecule has 1 aliphatic heterocycles. The number of carbonyl (C=O) groups is 1. The molecule has 0 bridgehead atoms. The lowest BCUT2D eigenvalue weighted by Crippen LogP contribution is -2.41. The molecule has 1 aromatic carbocycles. The van der Waals surface area contributed by atoms with Crippen LogP contribution in [0.3, 0.4) is 0 Å². The first-order chi connectivity index (χ1) is 9.19. The minimum Gasteiger partial charge on any atom is -0.394 e. The van der Waals surface area contributed by atoms with E-state index in [4.69, 9.17) is 0 Å². The third kappa shape index (κ3) is 2.87. The summed E-state index contributed by atoms with van der Waals surface area (Å²) in [6, 6.07) is 8.94. The quantitative estimate of drug-likeness (QED) is 0.881. The highest BCUT2D eigenvalue weighted by Crippen LogP contribution is 2.24. The fraction of sp³-hybridized carbons (Fsp3) is 0.500. The summed E-state index contributed by atoms with van der Waals surface area (Å²) in [6.07, 6.45) is 1.31. The maximum Gasteiger partial charge on any atom is 0.239 e. The number of aliphatic hydroxyl groups is 1. The smallest absolute Gasteiger partial charge is 0.239 e. The van der Waals surface area contributed by atoms with Crippen molar-refractivity contribution in [3.05, 3.63) is 30.3 Å². The Bertz CT molecular complexity index is 459. The Kier molecular flexibility index (Phi) is 4.71. The zero-order chi connectivity index (χ0) is 13.8. The Balaban J connectivity index is 2.12. The number of benzene rings is 1. The molecule has 2 unspecified atom stereocenters. The molecule has 1 fully saturated rings. The second kappa shape index (κ2) is 6.30. The summed E-state index contributed by atoms with van der Waals surface area (Å²) >= 11 is 0. The molecule has 1 amide bonds. The SMILES string of the molecule is CC[C@@H](CO)N1CCC(S(=O)c2ccccc2)C1=O. The van der Waals surface area contributed by atoms with Crippen molar-refractivity contribution in [1.29, 1.82) is 0 Å². The van der Waals surface area contributed by atoms with Gasteiger partial charge in [-0.3, -0.25) is 9.00 Å². The van der Waals surface area contributed by atoms with Crippen LogP contribution < -0.4 is 0 Å². The molecule has 1 aromatic rings. The first-order valence-electron chi connectivity index (χ1n) is 6.56. The Morgan fingerprint density at radius 2 is 2.11 bits per heavy atom. The molecule has 104 valence electrons. The molecule has 0 saturated carbocycles. The number of hydrogen-bond donors (Lipinski definition) is 1. The van der Waals surface area contributed by atoms with Crippen LogP contribution in [0.1, 0.15) is 19.8 Å². The summed E-state index contributed by atoms with van der Waals surface area (Å²) in [5.41, 5.74) is 0. The highest BCUT2D eigenvalue weighted by Gasteiger charge is 2.38. The predicted octanol–water partition coefficient (Wildman–Crippen LogP) is 1.17. The average molecular weight is 281 g/mol.